The molecule has 3 nitrogen and oxygen atoms in total. The van der Waals surface area contributed by atoms with Gasteiger partial charge in [-0.2, -0.15) is 11.8 Å². The lowest BCUT2D eigenvalue weighted by atomic mass is 10.2. The number of aromatic nitrogens is 2. The highest BCUT2D eigenvalue weighted by Gasteiger charge is 2.15. The Balaban J connectivity index is 1.70. The van der Waals surface area contributed by atoms with E-state index >= 15 is 0 Å². The van der Waals surface area contributed by atoms with Gasteiger partial charge in [0.25, 0.3) is 0 Å². The molecule has 1 saturated heterocycles. The van der Waals surface area contributed by atoms with Gasteiger partial charge in [-0.15, -0.1) is 0 Å². The summed E-state index contributed by atoms with van der Waals surface area (Å²) in [6.45, 7) is 5.27. The second-order valence-electron chi connectivity index (χ2n) is 5.43. The fourth-order valence-electron chi connectivity index (χ4n) is 2.88. The highest BCUT2D eigenvalue weighted by molar-refractivity contribution is 8.00. The van der Waals surface area contributed by atoms with E-state index in [1.54, 1.807) is 0 Å². The molecule has 4 heteroatoms. The van der Waals surface area contributed by atoms with E-state index in [1.807, 2.05) is 0 Å². The molecule has 1 aliphatic rings. The lowest BCUT2D eigenvalue weighted by molar-refractivity contribution is 0.586. The number of fused-ring (bicyclic) bond motifs is 1. The van der Waals surface area contributed by atoms with Crippen LogP contribution in [0.1, 0.15) is 32.0 Å². The highest BCUT2D eigenvalue weighted by atomic mass is 32.2. The maximum absolute atomic E-state index is 4.79. The van der Waals surface area contributed by atoms with Crippen molar-refractivity contribution in [1.82, 2.24) is 14.9 Å². The van der Waals surface area contributed by atoms with Gasteiger partial charge in [0.05, 0.1) is 17.6 Å². The van der Waals surface area contributed by atoms with Gasteiger partial charge in [0.2, 0.25) is 0 Å². The number of benzene rings is 1. The third-order valence-corrected chi connectivity index (χ3v) is 5.26. The largest absolute Gasteiger partial charge is 0.327 e. The normalized spacial score (nSPS) is 18.9. The first-order valence-corrected chi connectivity index (χ1v) is 8.70. The topological polar surface area (TPSA) is 29.9 Å². The molecular formula is C16H23N3S. The Bertz CT molecular complexity index is 558. The van der Waals surface area contributed by atoms with Gasteiger partial charge in [0.1, 0.15) is 5.82 Å². The smallest absolute Gasteiger partial charge is 0.123 e. The Morgan fingerprint density at radius 2 is 2.30 bits per heavy atom. The second kappa shape index (κ2) is 6.64. The van der Waals surface area contributed by atoms with Crippen molar-refractivity contribution in [3.05, 3.63) is 30.1 Å². The van der Waals surface area contributed by atoms with Crippen LogP contribution in [0.15, 0.2) is 24.3 Å². The molecule has 3 rings (SSSR count). The molecule has 2 heterocycles. The molecule has 2 aromatic rings. The number of nitrogens with zero attached hydrogens (tertiary/aromatic N) is 2. The van der Waals surface area contributed by atoms with Gasteiger partial charge in [-0.05, 0) is 37.1 Å². The van der Waals surface area contributed by atoms with Crippen LogP contribution in [0.2, 0.25) is 0 Å². The van der Waals surface area contributed by atoms with Crippen molar-refractivity contribution in [1.29, 1.82) is 0 Å². The summed E-state index contributed by atoms with van der Waals surface area (Å²) in [4.78, 5) is 4.79. The van der Waals surface area contributed by atoms with Crippen LogP contribution >= 0.6 is 11.8 Å². The predicted octanol–water partition coefficient (Wildman–Crippen LogP) is 3.43. The van der Waals surface area contributed by atoms with Crippen molar-refractivity contribution < 1.29 is 0 Å². The van der Waals surface area contributed by atoms with E-state index in [-0.39, 0.29) is 0 Å². The summed E-state index contributed by atoms with van der Waals surface area (Å²) in [6, 6.07) is 8.45. The van der Waals surface area contributed by atoms with Crippen molar-refractivity contribution in [3.8, 4) is 0 Å². The van der Waals surface area contributed by atoms with Crippen LogP contribution in [-0.2, 0) is 13.1 Å². The van der Waals surface area contributed by atoms with Crippen molar-refractivity contribution in [2.45, 2.75) is 44.5 Å². The monoisotopic (exact) mass is 289 g/mol. The van der Waals surface area contributed by atoms with Crippen molar-refractivity contribution in [2.24, 2.45) is 0 Å². The molecule has 0 saturated carbocycles. The predicted molar refractivity (Wildman–Crippen MR) is 87.2 cm³/mol. The second-order valence-corrected chi connectivity index (χ2v) is 6.84. The molecule has 1 aliphatic heterocycles. The number of aryl methyl sites for hydroxylation is 1. The summed E-state index contributed by atoms with van der Waals surface area (Å²) in [5.41, 5.74) is 2.38. The number of hydrogen-bond acceptors (Lipinski definition) is 3. The van der Waals surface area contributed by atoms with E-state index in [1.165, 1.54) is 29.9 Å². The van der Waals surface area contributed by atoms with Gasteiger partial charge in [-0.1, -0.05) is 19.1 Å². The standard InChI is InChI=1S/C16H23N3S/c1-2-9-19-15-8-4-3-7-14(15)18-16(19)12-17-11-13-6-5-10-20-13/h3-4,7-8,13,17H,2,5-6,9-12H2,1H3. The summed E-state index contributed by atoms with van der Waals surface area (Å²) >= 11 is 2.11. The fourth-order valence-corrected chi connectivity index (χ4v) is 4.12. The van der Waals surface area contributed by atoms with E-state index in [9.17, 15) is 0 Å². The van der Waals surface area contributed by atoms with Gasteiger partial charge in [0.15, 0.2) is 0 Å². The lowest BCUT2D eigenvalue weighted by Gasteiger charge is -2.11. The van der Waals surface area contributed by atoms with E-state index in [0.29, 0.717) is 0 Å². The molecule has 1 aromatic carbocycles. The Hall–Kier alpha value is -1.00. The van der Waals surface area contributed by atoms with E-state index in [0.717, 1.165) is 36.8 Å². The van der Waals surface area contributed by atoms with Crippen LogP contribution in [0.4, 0.5) is 0 Å². The molecule has 108 valence electrons. The number of nitrogens with one attached hydrogen (secondary N) is 1. The van der Waals surface area contributed by atoms with Crippen LogP contribution in [0.3, 0.4) is 0 Å². The molecule has 20 heavy (non-hydrogen) atoms. The minimum Gasteiger partial charge on any atom is -0.327 e. The van der Waals surface area contributed by atoms with Crippen LogP contribution in [0.5, 0.6) is 0 Å². The SMILES string of the molecule is CCCn1c(CNCC2CCCS2)nc2ccccc21. The van der Waals surface area contributed by atoms with Crippen LogP contribution in [0.25, 0.3) is 11.0 Å². The van der Waals surface area contributed by atoms with E-state index in [2.05, 4.69) is 52.8 Å². The summed E-state index contributed by atoms with van der Waals surface area (Å²) in [5, 5.41) is 4.40. The van der Waals surface area contributed by atoms with Crippen molar-refractivity contribution in [3.63, 3.8) is 0 Å². The van der Waals surface area contributed by atoms with Crippen LogP contribution in [0, 0.1) is 0 Å². The first kappa shape index (κ1) is 14.0. The Morgan fingerprint density at radius 3 is 3.10 bits per heavy atom. The first-order valence-electron chi connectivity index (χ1n) is 7.65. The average Bonchev–Trinajstić information content (AvgIpc) is 3.08. The maximum Gasteiger partial charge on any atom is 0.123 e. The van der Waals surface area contributed by atoms with E-state index in [4.69, 9.17) is 4.98 Å². The molecule has 1 N–H and O–H groups in total. The van der Waals surface area contributed by atoms with Gasteiger partial charge in [0, 0.05) is 18.3 Å². The third kappa shape index (κ3) is 3.01. The average molecular weight is 289 g/mol. The van der Waals surface area contributed by atoms with Gasteiger partial charge in [-0.3, -0.25) is 0 Å². The highest BCUT2D eigenvalue weighted by Crippen LogP contribution is 2.25. The van der Waals surface area contributed by atoms with Gasteiger partial charge < -0.3 is 9.88 Å². The summed E-state index contributed by atoms with van der Waals surface area (Å²) in [7, 11) is 0. The number of para-hydroxylation sites is 2. The molecule has 0 radical (unpaired) electrons. The quantitative estimate of drug-likeness (QED) is 0.883. The molecular weight excluding hydrogens is 266 g/mol. The van der Waals surface area contributed by atoms with Gasteiger partial charge >= 0.3 is 0 Å². The van der Waals surface area contributed by atoms with Crippen molar-refractivity contribution in [2.75, 3.05) is 12.3 Å². The van der Waals surface area contributed by atoms with Gasteiger partial charge in [-0.25, -0.2) is 4.98 Å². The van der Waals surface area contributed by atoms with Crippen LogP contribution in [-0.4, -0.2) is 27.1 Å². The zero-order chi connectivity index (χ0) is 13.8. The summed E-state index contributed by atoms with van der Waals surface area (Å²) in [5.74, 6) is 2.51. The maximum atomic E-state index is 4.79. The summed E-state index contributed by atoms with van der Waals surface area (Å²) in [6.07, 6.45) is 3.89. The minimum absolute atomic E-state index is 0.805. The Kier molecular flexibility index (Phi) is 4.63. The number of imidazole rings is 1. The number of rotatable bonds is 6. The lowest BCUT2D eigenvalue weighted by Crippen LogP contribution is -2.24. The minimum atomic E-state index is 0.805. The molecule has 1 unspecified atom stereocenters. The third-order valence-electron chi connectivity index (χ3n) is 3.86. The Labute approximate surface area is 125 Å². The molecule has 1 atom stereocenters. The summed E-state index contributed by atoms with van der Waals surface area (Å²) < 4.78 is 2.37. The molecule has 1 fully saturated rings. The molecule has 0 aliphatic carbocycles. The zero-order valence-corrected chi connectivity index (χ0v) is 13.0. The molecule has 0 amide bonds. The fraction of sp³-hybridized carbons (Fsp3) is 0.562. The first-order chi connectivity index (χ1) is 9.88. The zero-order valence-electron chi connectivity index (χ0n) is 12.1. The molecule has 0 spiro atoms. The van der Waals surface area contributed by atoms with E-state index < -0.39 is 0 Å². The molecule has 0 bridgehead atoms. The number of thioether (sulfide) groups is 1. The number of hydrogen-bond donors (Lipinski definition) is 1. The van der Waals surface area contributed by atoms with Crippen molar-refractivity contribution >= 4 is 22.8 Å². The Morgan fingerprint density at radius 1 is 1.40 bits per heavy atom. The van der Waals surface area contributed by atoms with Crippen LogP contribution < -0.4 is 5.32 Å². The molecule has 1 aromatic heterocycles.